The highest BCUT2D eigenvalue weighted by atomic mass is 35.5. The van der Waals surface area contributed by atoms with E-state index >= 15 is 0 Å². The summed E-state index contributed by atoms with van der Waals surface area (Å²) in [6.45, 7) is 2.29. The number of nitrogens with two attached hydrogens (primary N) is 1. The third-order valence-corrected chi connectivity index (χ3v) is 5.23. The second-order valence-electron chi connectivity index (χ2n) is 5.30. The lowest BCUT2D eigenvalue weighted by atomic mass is 9.71. The van der Waals surface area contributed by atoms with Crippen LogP contribution < -0.4 is 10.5 Å². The van der Waals surface area contributed by atoms with Crippen LogP contribution in [0.25, 0.3) is 0 Å². The Morgan fingerprint density at radius 2 is 2.11 bits per heavy atom. The normalized spacial score (nSPS) is 18.1. The van der Waals surface area contributed by atoms with Crippen LogP contribution in [-0.4, -0.2) is 15.0 Å². The molecular weight excluding hydrogens is 291 g/mol. The monoisotopic (exact) mass is 306 g/mol. The minimum absolute atomic E-state index is 0.0341. The third-order valence-electron chi connectivity index (χ3n) is 3.56. The van der Waals surface area contributed by atoms with Crippen LogP contribution in [-0.2, 0) is 10.0 Å². The first-order valence-corrected chi connectivity index (χ1v) is 7.84. The number of rotatable bonds is 4. The van der Waals surface area contributed by atoms with E-state index in [0.29, 0.717) is 6.54 Å². The summed E-state index contributed by atoms with van der Waals surface area (Å²) in [5.74, 6) is -0.970. The number of anilines is 1. The second kappa shape index (κ2) is 4.92. The molecule has 0 bridgehead atoms. The molecule has 0 aromatic heterocycles. The van der Waals surface area contributed by atoms with Gasteiger partial charge in [-0.2, -0.15) is 0 Å². The number of hydrogen-bond donors (Lipinski definition) is 2. The van der Waals surface area contributed by atoms with Gasteiger partial charge in [-0.25, -0.2) is 17.5 Å². The van der Waals surface area contributed by atoms with Crippen molar-refractivity contribution in [1.82, 2.24) is 4.72 Å². The van der Waals surface area contributed by atoms with E-state index in [2.05, 4.69) is 4.72 Å². The van der Waals surface area contributed by atoms with Crippen molar-refractivity contribution >= 4 is 27.3 Å². The zero-order chi connectivity index (χ0) is 14.3. The van der Waals surface area contributed by atoms with E-state index in [1.807, 2.05) is 6.92 Å². The Morgan fingerprint density at radius 1 is 1.47 bits per heavy atom. The summed E-state index contributed by atoms with van der Waals surface area (Å²) in [6.07, 6.45) is 3.03. The lowest BCUT2D eigenvalue weighted by Gasteiger charge is -2.38. The molecule has 0 radical (unpaired) electrons. The van der Waals surface area contributed by atoms with Gasteiger partial charge >= 0.3 is 0 Å². The molecule has 0 spiro atoms. The average molecular weight is 307 g/mol. The summed E-state index contributed by atoms with van der Waals surface area (Å²) in [5, 5.41) is -0.296. The standard InChI is InChI=1S/C12H16ClFN2O2S/c1-12(3-2-4-12)7-16-19(17,18)10-6-8(15)5-9(13)11(10)14/h5-6,16H,2-4,7,15H2,1H3. The van der Waals surface area contributed by atoms with E-state index in [-0.39, 0.29) is 16.1 Å². The molecule has 7 heteroatoms. The zero-order valence-electron chi connectivity index (χ0n) is 10.5. The number of nitrogen functional groups attached to an aromatic ring is 1. The average Bonchev–Trinajstić information content (AvgIpc) is 2.28. The maximum Gasteiger partial charge on any atom is 0.243 e. The van der Waals surface area contributed by atoms with Crippen molar-refractivity contribution < 1.29 is 12.8 Å². The molecule has 19 heavy (non-hydrogen) atoms. The molecule has 4 nitrogen and oxygen atoms in total. The fraction of sp³-hybridized carbons (Fsp3) is 0.500. The molecule has 3 N–H and O–H groups in total. The maximum absolute atomic E-state index is 13.8. The van der Waals surface area contributed by atoms with E-state index in [9.17, 15) is 12.8 Å². The highest BCUT2D eigenvalue weighted by Gasteiger charge is 2.33. The molecular formula is C12H16ClFN2O2S. The Morgan fingerprint density at radius 3 is 2.63 bits per heavy atom. The maximum atomic E-state index is 13.8. The van der Waals surface area contributed by atoms with Crippen LogP contribution in [0.2, 0.25) is 5.02 Å². The van der Waals surface area contributed by atoms with Crippen LogP contribution in [0, 0.1) is 11.2 Å². The summed E-state index contributed by atoms with van der Waals surface area (Å²) in [7, 11) is -3.93. The van der Waals surface area contributed by atoms with Gasteiger partial charge in [0.2, 0.25) is 10.0 Å². The highest BCUT2D eigenvalue weighted by Crippen LogP contribution is 2.39. The number of sulfonamides is 1. The van der Waals surface area contributed by atoms with Crippen molar-refractivity contribution in [3.8, 4) is 0 Å². The van der Waals surface area contributed by atoms with Gasteiger partial charge in [0.05, 0.1) is 5.02 Å². The molecule has 0 atom stereocenters. The molecule has 1 aromatic carbocycles. The smallest absolute Gasteiger partial charge is 0.243 e. The van der Waals surface area contributed by atoms with Crippen LogP contribution in [0.4, 0.5) is 10.1 Å². The Bertz CT molecular complexity index is 600. The van der Waals surface area contributed by atoms with Crippen LogP contribution in [0.5, 0.6) is 0 Å². The molecule has 0 heterocycles. The lowest BCUT2D eigenvalue weighted by molar-refractivity contribution is 0.166. The first-order valence-electron chi connectivity index (χ1n) is 5.98. The second-order valence-corrected chi connectivity index (χ2v) is 7.45. The molecule has 1 fully saturated rings. The molecule has 1 aliphatic carbocycles. The Balaban J connectivity index is 2.24. The molecule has 0 aliphatic heterocycles. The van der Waals surface area contributed by atoms with Crippen LogP contribution in [0.3, 0.4) is 0 Å². The van der Waals surface area contributed by atoms with Crippen LogP contribution >= 0.6 is 11.6 Å². The van der Waals surface area contributed by atoms with Gasteiger partial charge in [0.15, 0.2) is 5.82 Å². The Hall–Kier alpha value is -0.850. The molecule has 0 amide bonds. The fourth-order valence-electron chi connectivity index (χ4n) is 2.08. The van der Waals surface area contributed by atoms with Gasteiger partial charge in [-0.15, -0.1) is 0 Å². The largest absolute Gasteiger partial charge is 0.399 e. The SMILES string of the molecule is CC1(CNS(=O)(=O)c2cc(N)cc(Cl)c2F)CCC1. The molecule has 1 saturated carbocycles. The summed E-state index contributed by atoms with van der Waals surface area (Å²) in [4.78, 5) is -0.500. The predicted octanol–water partition coefficient (Wildman–Crippen LogP) is 2.53. The van der Waals surface area contributed by atoms with E-state index in [4.69, 9.17) is 17.3 Å². The van der Waals surface area contributed by atoms with Crippen LogP contribution in [0.1, 0.15) is 26.2 Å². The van der Waals surface area contributed by atoms with Crippen molar-refractivity contribution in [3.05, 3.63) is 23.0 Å². The topological polar surface area (TPSA) is 72.2 Å². The number of nitrogens with one attached hydrogen (secondary N) is 1. The zero-order valence-corrected chi connectivity index (χ0v) is 12.1. The summed E-state index contributed by atoms with van der Waals surface area (Å²) in [5.41, 5.74) is 5.58. The number of hydrogen-bond acceptors (Lipinski definition) is 3. The highest BCUT2D eigenvalue weighted by molar-refractivity contribution is 7.89. The summed E-state index contributed by atoms with van der Waals surface area (Å²) in [6, 6.07) is 2.26. The van der Waals surface area contributed by atoms with Gasteiger partial charge in [-0.1, -0.05) is 24.9 Å². The van der Waals surface area contributed by atoms with Gasteiger partial charge in [0, 0.05) is 12.2 Å². The minimum Gasteiger partial charge on any atom is -0.399 e. The van der Waals surface area contributed by atoms with Crippen molar-refractivity contribution in [3.63, 3.8) is 0 Å². The number of halogens is 2. The summed E-state index contributed by atoms with van der Waals surface area (Å²) >= 11 is 5.61. The van der Waals surface area contributed by atoms with Gasteiger partial charge in [0.25, 0.3) is 0 Å². The molecule has 106 valence electrons. The van der Waals surface area contributed by atoms with Gasteiger partial charge in [0.1, 0.15) is 4.90 Å². The van der Waals surface area contributed by atoms with Crippen molar-refractivity contribution in [2.45, 2.75) is 31.1 Å². The first-order chi connectivity index (χ1) is 8.73. The lowest BCUT2D eigenvalue weighted by Crippen LogP contribution is -2.40. The van der Waals surface area contributed by atoms with Crippen molar-refractivity contribution in [2.75, 3.05) is 12.3 Å². The fourth-order valence-corrected chi connectivity index (χ4v) is 3.70. The van der Waals surface area contributed by atoms with E-state index in [0.717, 1.165) is 25.3 Å². The molecule has 1 aromatic rings. The Labute approximate surface area is 117 Å². The van der Waals surface area contributed by atoms with Crippen molar-refractivity contribution in [1.29, 1.82) is 0 Å². The summed E-state index contributed by atoms with van der Waals surface area (Å²) < 4.78 is 40.4. The molecule has 2 rings (SSSR count). The third kappa shape index (κ3) is 3.01. The van der Waals surface area contributed by atoms with Crippen molar-refractivity contribution in [2.24, 2.45) is 5.41 Å². The van der Waals surface area contributed by atoms with Crippen LogP contribution in [0.15, 0.2) is 17.0 Å². The first kappa shape index (κ1) is 14.6. The van der Waals surface area contributed by atoms with Gasteiger partial charge < -0.3 is 5.73 Å². The predicted molar refractivity (Wildman–Crippen MR) is 73.0 cm³/mol. The molecule has 1 aliphatic rings. The molecule has 0 saturated heterocycles. The van der Waals surface area contributed by atoms with E-state index in [1.165, 1.54) is 6.07 Å². The van der Waals surface area contributed by atoms with E-state index < -0.39 is 20.7 Å². The number of benzene rings is 1. The van der Waals surface area contributed by atoms with E-state index in [1.54, 1.807) is 0 Å². The van der Waals surface area contributed by atoms with Gasteiger partial charge in [-0.3, -0.25) is 0 Å². The quantitative estimate of drug-likeness (QED) is 0.840. The Kier molecular flexibility index (Phi) is 3.77. The molecule has 0 unspecified atom stereocenters. The minimum atomic E-state index is -3.93. The van der Waals surface area contributed by atoms with Gasteiger partial charge in [-0.05, 0) is 30.4 Å².